The number of rotatable bonds is 6. The van der Waals surface area contributed by atoms with Crippen LogP contribution in [-0.4, -0.2) is 54.6 Å². The van der Waals surface area contributed by atoms with Gasteiger partial charge in [0.2, 0.25) is 10.0 Å². The molecule has 0 aromatic carbocycles. The summed E-state index contributed by atoms with van der Waals surface area (Å²) in [4.78, 5) is 10.9. The van der Waals surface area contributed by atoms with Crippen molar-refractivity contribution in [3.8, 4) is 0 Å². The largest absolute Gasteiger partial charge is 0.356 e. The molecule has 0 atom stereocenters. The maximum absolute atomic E-state index is 12.1. The average molecular weight is 322 g/mol. The lowest BCUT2D eigenvalue weighted by Gasteiger charge is -2.41. The van der Waals surface area contributed by atoms with Crippen molar-refractivity contribution in [1.29, 1.82) is 0 Å². The first kappa shape index (κ1) is 14.4. The minimum Gasteiger partial charge on any atom is -0.356 e. The molecule has 0 bridgehead atoms. The maximum atomic E-state index is 12.1. The molecule has 4 rings (SSSR count). The predicted molar refractivity (Wildman–Crippen MR) is 84.3 cm³/mol. The Hall–Kier alpha value is -1.21. The zero-order valence-corrected chi connectivity index (χ0v) is 13.7. The Kier molecular flexibility index (Phi) is 3.38. The van der Waals surface area contributed by atoms with Crippen LogP contribution in [0.5, 0.6) is 0 Å². The van der Waals surface area contributed by atoms with Gasteiger partial charge in [-0.1, -0.05) is 0 Å². The van der Waals surface area contributed by atoms with E-state index in [-0.39, 0.29) is 5.25 Å². The van der Waals surface area contributed by atoms with Gasteiger partial charge in [0.25, 0.3) is 0 Å². The summed E-state index contributed by atoms with van der Waals surface area (Å²) in [6.45, 7) is 2.38. The van der Waals surface area contributed by atoms with Gasteiger partial charge in [0, 0.05) is 50.3 Å². The van der Waals surface area contributed by atoms with Gasteiger partial charge in [-0.15, -0.1) is 0 Å². The Labute approximate surface area is 131 Å². The van der Waals surface area contributed by atoms with Gasteiger partial charge in [-0.05, 0) is 25.7 Å². The number of anilines is 1. The van der Waals surface area contributed by atoms with Crippen LogP contribution in [0.4, 0.5) is 5.82 Å². The van der Waals surface area contributed by atoms with Gasteiger partial charge in [-0.25, -0.2) is 22.7 Å². The first-order valence-electron chi connectivity index (χ1n) is 8.06. The first-order chi connectivity index (χ1) is 10.5. The van der Waals surface area contributed by atoms with E-state index in [2.05, 4.69) is 20.9 Å². The van der Waals surface area contributed by atoms with Crippen LogP contribution >= 0.6 is 0 Å². The Bertz CT molecular complexity index is 664. The lowest BCUT2D eigenvalue weighted by atomic mass is 10.0. The highest BCUT2D eigenvalue weighted by molar-refractivity contribution is 7.90. The van der Waals surface area contributed by atoms with Crippen molar-refractivity contribution in [2.75, 3.05) is 31.6 Å². The summed E-state index contributed by atoms with van der Waals surface area (Å²) in [6, 6.07) is 2.10. The second-order valence-electron chi connectivity index (χ2n) is 6.87. The van der Waals surface area contributed by atoms with Crippen LogP contribution in [0.25, 0.3) is 0 Å². The molecule has 120 valence electrons. The van der Waals surface area contributed by atoms with E-state index in [4.69, 9.17) is 0 Å². The highest BCUT2D eigenvalue weighted by Gasteiger charge is 2.40. The lowest BCUT2D eigenvalue weighted by Crippen LogP contribution is -2.52. The molecular formula is C15H22N4O2S. The third-order valence-electron chi connectivity index (χ3n) is 4.85. The summed E-state index contributed by atoms with van der Waals surface area (Å²) < 4.78 is 25.8. The van der Waals surface area contributed by atoms with Crippen LogP contribution in [0.3, 0.4) is 0 Å². The van der Waals surface area contributed by atoms with E-state index in [0.29, 0.717) is 18.4 Å². The molecule has 7 heteroatoms. The zero-order chi connectivity index (χ0) is 15.3. The van der Waals surface area contributed by atoms with Crippen molar-refractivity contribution in [3.63, 3.8) is 0 Å². The van der Waals surface area contributed by atoms with Gasteiger partial charge in [0.15, 0.2) is 0 Å². The molecule has 1 aliphatic heterocycles. The quantitative estimate of drug-likeness (QED) is 0.788. The first-order valence-corrected chi connectivity index (χ1v) is 9.56. The molecule has 0 unspecified atom stereocenters. The van der Waals surface area contributed by atoms with Gasteiger partial charge in [0.1, 0.15) is 12.1 Å². The van der Waals surface area contributed by atoms with Crippen molar-refractivity contribution in [3.05, 3.63) is 18.1 Å². The molecule has 3 fully saturated rings. The highest BCUT2D eigenvalue weighted by Crippen LogP contribution is 2.40. The minimum atomic E-state index is -3.04. The summed E-state index contributed by atoms with van der Waals surface area (Å²) in [6.07, 6.45) is 5.79. The van der Waals surface area contributed by atoms with Crippen molar-refractivity contribution in [2.45, 2.75) is 36.9 Å². The molecular weight excluding hydrogens is 300 g/mol. The molecule has 3 aliphatic rings. The van der Waals surface area contributed by atoms with Crippen molar-refractivity contribution >= 4 is 15.8 Å². The SMILES string of the molecule is CN(CC1CN(c2cc(C3CC3)ncn2)C1)S(=O)(=O)C1CC1. The lowest BCUT2D eigenvalue weighted by molar-refractivity contribution is 0.325. The summed E-state index contributed by atoms with van der Waals surface area (Å²) in [5.74, 6) is 2.02. The van der Waals surface area contributed by atoms with E-state index >= 15 is 0 Å². The topological polar surface area (TPSA) is 66.4 Å². The Morgan fingerprint density at radius 3 is 2.59 bits per heavy atom. The number of aromatic nitrogens is 2. The van der Waals surface area contributed by atoms with E-state index in [1.807, 2.05) is 0 Å². The number of nitrogens with zero attached hydrogens (tertiary/aromatic N) is 4. The number of sulfonamides is 1. The molecule has 2 heterocycles. The van der Waals surface area contributed by atoms with Crippen LogP contribution in [0, 0.1) is 5.92 Å². The van der Waals surface area contributed by atoms with E-state index in [1.54, 1.807) is 17.7 Å². The number of hydrogen-bond donors (Lipinski definition) is 0. The minimum absolute atomic E-state index is 0.114. The smallest absolute Gasteiger partial charge is 0.216 e. The van der Waals surface area contributed by atoms with Gasteiger partial charge >= 0.3 is 0 Å². The second kappa shape index (κ2) is 5.16. The van der Waals surface area contributed by atoms with Crippen molar-refractivity contribution < 1.29 is 8.42 Å². The summed E-state index contributed by atoms with van der Waals surface area (Å²) in [5, 5.41) is -0.114. The third-order valence-corrected chi connectivity index (χ3v) is 7.18. The molecule has 0 radical (unpaired) electrons. The van der Waals surface area contributed by atoms with E-state index in [9.17, 15) is 8.42 Å². The van der Waals surface area contributed by atoms with Crippen molar-refractivity contribution in [1.82, 2.24) is 14.3 Å². The normalized spacial score (nSPS) is 22.9. The molecule has 2 saturated carbocycles. The molecule has 2 aliphatic carbocycles. The van der Waals surface area contributed by atoms with Crippen LogP contribution in [0.1, 0.15) is 37.3 Å². The van der Waals surface area contributed by atoms with E-state index in [0.717, 1.165) is 37.4 Å². The molecule has 0 spiro atoms. The fourth-order valence-corrected chi connectivity index (χ4v) is 4.76. The van der Waals surface area contributed by atoms with E-state index < -0.39 is 10.0 Å². The van der Waals surface area contributed by atoms with Crippen LogP contribution in [0.15, 0.2) is 12.4 Å². The molecule has 6 nitrogen and oxygen atoms in total. The molecule has 1 aromatic rings. The highest BCUT2D eigenvalue weighted by atomic mass is 32.2. The third kappa shape index (κ3) is 2.72. The molecule has 0 N–H and O–H groups in total. The maximum Gasteiger partial charge on any atom is 0.216 e. The summed E-state index contributed by atoms with van der Waals surface area (Å²) in [5.41, 5.74) is 1.15. The second-order valence-corrected chi connectivity index (χ2v) is 9.19. The fraction of sp³-hybridized carbons (Fsp3) is 0.733. The molecule has 0 amide bonds. The van der Waals surface area contributed by atoms with E-state index in [1.165, 1.54) is 12.8 Å². The van der Waals surface area contributed by atoms with Gasteiger partial charge in [-0.2, -0.15) is 0 Å². The van der Waals surface area contributed by atoms with Gasteiger partial charge < -0.3 is 4.90 Å². The van der Waals surface area contributed by atoms with Crippen LogP contribution in [-0.2, 0) is 10.0 Å². The predicted octanol–water partition coefficient (Wildman–Crippen LogP) is 1.21. The number of hydrogen-bond acceptors (Lipinski definition) is 5. The fourth-order valence-electron chi connectivity index (χ4n) is 3.10. The molecule has 1 saturated heterocycles. The average Bonchev–Trinajstić information content (AvgIpc) is 3.33. The monoisotopic (exact) mass is 322 g/mol. The Morgan fingerprint density at radius 1 is 1.23 bits per heavy atom. The Balaban J connectivity index is 1.33. The van der Waals surface area contributed by atoms with Crippen LogP contribution < -0.4 is 4.90 Å². The summed E-state index contributed by atoms with van der Waals surface area (Å²) >= 11 is 0. The van der Waals surface area contributed by atoms with Gasteiger partial charge in [-0.3, -0.25) is 0 Å². The van der Waals surface area contributed by atoms with Crippen molar-refractivity contribution in [2.24, 2.45) is 5.92 Å². The van der Waals surface area contributed by atoms with Crippen LogP contribution in [0.2, 0.25) is 0 Å². The summed E-state index contributed by atoms with van der Waals surface area (Å²) in [7, 11) is -1.33. The molecule has 22 heavy (non-hydrogen) atoms. The standard InChI is InChI=1S/C15H22N4O2S/c1-18(22(20,21)13-4-5-13)7-11-8-19(9-11)15-6-14(12-2-3-12)16-10-17-15/h6,10-13H,2-5,7-9H2,1H3. The Morgan fingerprint density at radius 2 is 1.95 bits per heavy atom. The molecule has 1 aromatic heterocycles. The zero-order valence-electron chi connectivity index (χ0n) is 12.9. The van der Waals surface area contributed by atoms with Gasteiger partial charge in [0.05, 0.1) is 5.25 Å².